The molecular weight excluding hydrogens is 386 g/mol. The van der Waals surface area contributed by atoms with Gasteiger partial charge in [-0.2, -0.15) is 5.26 Å². The number of benzene rings is 1. The zero-order valence-corrected chi connectivity index (χ0v) is 17.3. The van der Waals surface area contributed by atoms with Gasteiger partial charge in [-0.15, -0.1) is 0 Å². The zero-order chi connectivity index (χ0) is 20.5. The zero-order valence-electron chi connectivity index (χ0n) is 16.5. The molecule has 1 saturated heterocycles. The number of nitriles is 1. The number of fused-ring (bicyclic) bond motifs is 1. The molecule has 2 aromatic heterocycles. The number of halogens is 1. The Morgan fingerprint density at radius 2 is 1.93 bits per heavy atom. The maximum Gasteiger partial charge on any atom is 0.270 e. The van der Waals surface area contributed by atoms with E-state index in [1.54, 1.807) is 19.2 Å². The van der Waals surface area contributed by atoms with Crippen molar-refractivity contribution in [3.8, 4) is 6.07 Å². The number of aromatic nitrogens is 2. The highest BCUT2D eigenvalue weighted by molar-refractivity contribution is 6.29. The number of pyridine rings is 2. The first-order valence-electron chi connectivity index (χ1n) is 9.60. The lowest BCUT2D eigenvalue weighted by molar-refractivity contribution is 0.250. The fourth-order valence-electron chi connectivity index (χ4n) is 3.98. The molecule has 0 saturated carbocycles. The fourth-order valence-corrected chi connectivity index (χ4v) is 4.12. The monoisotopic (exact) mass is 407 g/mol. The summed E-state index contributed by atoms with van der Waals surface area (Å²) in [6, 6.07) is 14.1. The van der Waals surface area contributed by atoms with Gasteiger partial charge in [-0.25, -0.2) is 4.98 Å². The van der Waals surface area contributed by atoms with Gasteiger partial charge < -0.3 is 9.47 Å². The van der Waals surface area contributed by atoms with Gasteiger partial charge in [0.25, 0.3) is 5.56 Å². The molecule has 1 fully saturated rings. The van der Waals surface area contributed by atoms with Crippen molar-refractivity contribution >= 4 is 28.3 Å². The summed E-state index contributed by atoms with van der Waals surface area (Å²) in [7, 11) is 1.66. The van der Waals surface area contributed by atoms with Gasteiger partial charge in [-0.1, -0.05) is 41.4 Å². The SMILES string of the molecule is Cc1cccc(CN2CCN(c3c(C#N)c(=O)n(C)c4ccc(Cl)nc34)CC2)c1. The number of hydrogen-bond acceptors (Lipinski definition) is 5. The average molecular weight is 408 g/mol. The van der Waals surface area contributed by atoms with Crippen molar-refractivity contribution in [2.45, 2.75) is 13.5 Å². The number of rotatable bonds is 3. The summed E-state index contributed by atoms with van der Waals surface area (Å²) in [4.78, 5) is 21.7. The first-order valence-corrected chi connectivity index (χ1v) is 9.98. The van der Waals surface area contributed by atoms with Gasteiger partial charge >= 0.3 is 0 Å². The van der Waals surface area contributed by atoms with Gasteiger partial charge in [0.05, 0.1) is 11.2 Å². The largest absolute Gasteiger partial charge is 0.366 e. The van der Waals surface area contributed by atoms with E-state index in [9.17, 15) is 10.1 Å². The molecule has 0 unspecified atom stereocenters. The van der Waals surface area contributed by atoms with Crippen molar-refractivity contribution in [1.29, 1.82) is 5.26 Å². The molecule has 0 bridgehead atoms. The third kappa shape index (κ3) is 3.71. The van der Waals surface area contributed by atoms with Crippen LogP contribution in [0, 0.1) is 18.3 Å². The van der Waals surface area contributed by atoms with E-state index in [1.807, 2.05) is 0 Å². The maximum atomic E-state index is 12.7. The summed E-state index contributed by atoms with van der Waals surface area (Å²) in [6.07, 6.45) is 0. The molecule has 148 valence electrons. The Labute approximate surface area is 174 Å². The van der Waals surface area contributed by atoms with Gasteiger partial charge in [-0.3, -0.25) is 9.69 Å². The van der Waals surface area contributed by atoms with Crippen molar-refractivity contribution in [2.75, 3.05) is 31.1 Å². The Morgan fingerprint density at radius 3 is 2.62 bits per heavy atom. The van der Waals surface area contributed by atoms with E-state index in [0.717, 1.165) is 32.7 Å². The minimum Gasteiger partial charge on any atom is -0.366 e. The highest BCUT2D eigenvalue weighted by Crippen LogP contribution is 2.29. The molecule has 7 heteroatoms. The van der Waals surface area contributed by atoms with Crippen LogP contribution >= 0.6 is 11.6 Å². The van der Waals surface area contributed by atoms with Crippen molar-refractivity contribution in [1.82, 2.24) is 14.5 Å². The third-order valence-corrected chi connectivity index (χ3v) is 5.68. The lowest BCUT2D eigenvalue weighted by Crippen LogP contribution is -2.47. The second-order valence-corrected chi connectivity index (χ2v) is 7.84. The molecule has 3 heterocycles. The van der Waals surface area contributed by atoms with Crippen molar-refractivity contribution in [2.24, 2.45) is 7.05 Å². The fraction of sp³-hybridized carbons (Fsp3) is 0.318. The molecule has 0 N–H and O–H groups in total. The molecule has 4 rings (SSSR count). The number of hydrogen-bond donors (Lipinski definition) is 0. The quantitative estimate of drug-likeness (QED) is 0.624. The predicted octanol–water partition coefficient (Wildman–Crippen LogP) is 3.09. The van der Waals surface area contributed by atoms with Crippen LogP contribution in [0.1, 0.15) is 16.7 Å². The van der Waals surface area contributed by atoms with Crippen molar-refractivity contribution < 1.29 is 0 Å². The third-order valence-electron chi connectivity index (χ3n) is 5.47. The minimum atomic E-state index is -0.304. The highest BCUT2D eigenvalue weighted by atomic mass is 35.5. The topological polar surface area (TPSA) is 65.2 Å². The normalized spacial score (nSPS) is 14.9. The molecule has 0 atom stereocenters. The summed E-state index contributed by atoms with van der Waals surface area (Å²) < 4.78 is 1.47. The van der Waals surface area contributed by atoms with E-state index < -0.39 is 0 Å². The minimum absolute atomic E-state index is 0.127. The number of anilines is 1. The van der Waals surface area contributed by atoms with E-state index >= 15 is 0 Å². The van der Waals surface area contributed by atoms with Gasteiger partial charge in [-0.05, 0) is 24.6 Å². The molecule has 0 amide bonds. The van der Waals surface area contributed by atoms with Gasteiger partial charge in [0.2, 0.25) is 0 Å². The predicted molar refractivity (Wildman–Crippen MR) is 115 cm³/mol. The van der Waals surface area contributed by atoms with Crippen LogP contribution in [0.3, 0.4) is 0 Å². The van der Waals surface area contributed by atoms with Crippen LogP contribution in [0.15, 0.2) is 41.2 Å². The second-order valence-electron chi connectivity index (χ2n) is 7.45. The Balaban J connectivity index is 1.64. The Bertz CT molecular complexity index is 1170. The first-order chi connectivity index (χ1) is 14.0. The summed E-state index contributed by atoms with van der Waals surface area (Å²) in [5.74, 6) is 0. The molecule has 0 aliphatic carbocycles. The van der Waals surface area contributed by atoms with E-state index in [4.69, 9.17) is 11.6 Å². The number of piperazine rings is 1. The number of nitrogens with zero attached hydrogens (tertiary/aromatic N) is 5. The molecule has 29 heavy (non-hydrogen) atoms. The Hall–Kier alpha value is -2.88. The molecule has 0 spiro atoms. The summed E-state index contributed by atoms with van der Waals surface area (Å²) in [5, 5.41) is 10.0. The summed E-state index contributed by atoms with van der Waals surface area (Å²) in [6.45, 7) is 6.12. The van der Waals surface area contributed by atoms with Crippen LogP contribution in [0.2, 0.25) is 5.15 Å². The van der Waals surface area contributed by atoms with Crippen molar-refractivity contribution in [3.05, 3.63) is 68.6 Å². The highest BCUT2D eigenvalue weighted by Gasteiger charge is 2.25. The Kier molecular flexibility index (Phi) is 5.27. The van der Waals surface area contributed by atoms with E-state index in [1.165, 1.54) is 15.7 Å². The second kappa shape index (κ2) is 7.86. The Morgan fingerprint density at radius 1 is 1.17 bits per heavy atom. The van der Waals surface area contributed by atoms with Crippen LogP contribution in [-0.4, -0.2) is 40.6 Å². The lowest BCUT2D eigenvalue weighted by atomic mass is 10.1. The molecular formula is C22H22ClN5O. The molecule has 1 aliphatic heterocycles. The van der Waals surface area contributed by atoms with Gasteiger partial charge in [0, 0.05) is 39.8 Å². The molecule has 1 aromatic carbocycles. The molecule has 1 aliphatic rings. The standard InChI is InChI=1S/C22H22ClN5O/c1-15-4-3-5-16(12-15)14-27-8-10-28(11-9-27)21-17(13-24)22(29)26(2)18-6-7-19(23)25-20(18)21/h3-7,12H,8-11,14H2,1-2H3. The number of aryl methyl sites for hydroxylation is 2. The average Bonchev–Trinajstić information content (AvgIpc) is 2.71. The van der Waals surface area contributed by atoms with Gasteiger partial charge in [0.15, 0.2) is 0 Å². The van der Waals surface area contributed by atoms with E-state index in [-0.39, 0.29) is 11.1 Å². The summed E-state index contributed by atoms with van der Waals surface area (Å²) in [5.41, 5.74) is 4.25. The van der Waals surface area contributed by atoms with Gasteiger partial charge in [0.1, 0.15) is 22.3 Å². The van der Waals surface area contributed by atoms with Crippen LogP contribution < -0.4 is 10.5 Å². The van der Waals surface area contributed by atoms with E-state index in [0.29, 0.717) is 21.9 Å². The van der Waals surface area contributed by atoms with Crippen LogP contribution in [0.25, 0.3) is 11.0 Å². The first kappa shape index (κ1) is 19.4. The van der Waals surface area contributed by atoms with E-state index in [2.05, 4.69) is 52.0 Å². The maximum absolute atomic E-state index is 12.7. The smallest absolute Gasteiger partial charge is 0.270 e. The molecule has 6 nitrogen and oxygen atoms in total. The van der Waals surface area contributed by atoms with Crippen LogP contribution in [0.4, 0.5) is 5.69 Å². The lowest BCUT2D eigenvalue weighted by Gasteiger charge is -2.36. The van der Waals surface area contributed by atoms with Crippen LogP contribution in [-0.2, 0) is 13.6 Å². The van der Waals surface area contributed by atoms with Crippen molar-refractivity contribution in [3.63, 3.8) is 0 Å². The molecule has 3 aromatic rings. The summed E-state index contributed by atoms with van der Waals surface area (Å²) >= 11 is 6.14. The van der Waals surface area contributed by atoms with Crippen LogP contribution in [0.5, 0.6) is 0 Å². The molecule has 0 radical (unpaired) electrons.